The Bertz CT molecular complexity index is 387. The quantitative estimate of drug-likeness (QED) is 0.637. The molecule has 0 radical (unpaired) electrons. The van der Waals surface area contributed by atoms with Crippen molar-refractivity contribution in [3.63, 3.8) is 0 Å². The number of nitrogens with zero attached hydrogens (tertiary/aromatic N) is 2. The molecule has 0 aliphatic heterocycles. The lowest BCUT2D eigenvalue weighted by Gasteiger charge is -2.07. The van der Waals surface area contributed by atoms with Gasteiger partial charge in [-0.25, -0.2) is 0 Å². The fraction of sp³-hybridized carbons (Fsp3) is 0.500. The van der Waals surface area contributed by atoms with Crippen LogP contribution in [0.3, 0.4) is 0 Å². The van der Waals surface area contributed by atoms with Crippen LogP contribution in [0, 0.1) is 6.92 Å². The van der Waals surface area contributed by atoms with Gasteiger partial charge >= 0.3 is 0 Å². The number of thiocarbonyl (C=S) groups is 1. The van der Waals surface area contributed by atoms with E-state index in [2.05, 4.69) is 20.8 Å². The van der Waals surface area contributed by atoms with E-state index in [0.717, 1.165) is 29.3 Å². The number of aromatic nitrogens is 2. The van der Waals surface area contributed by atoms with Gasteiger partial charge in [0.2, 0.25) is 0 Å². The number of thioether (sulfide) groups is 1. The van der Waals surface area contributed by atoms with Gasteiger partial charge in [0.05, 0.1) is 5.69 Å². The standard InChI is InChI=1S/C10H15ClN4S2/c1-7-5-8(9(11)15-14-7)6-17-4-3-13-10(16)12-2/h5H,3-4,6H2,1-2H3,(H2,12,13,16). The van der Waals surface area contributed by atoms with Gasteiger partial charge < -0.3 is 10.6 Å². The highest BCUT2D eigenvalue weighted by Crippen LogP contribution is 2.18. The topological polar surface area (TPSA) is 49.8 Å². The molecule has 0 bridgehead atoms. The van der Waals surface area contributed by atoms with E-state index in [-0.39, 0.29) is 0 Å². The van der Waals surface area contributed by atoms with Crippen LogP contribution in [-0.2, 0) is 5.75 Å². The zero-order chi connectivity index (χ0) is 12.7. The Balaban J connectivity index is 2.26. The molecule has 0 unspecified atom stereocenters. The Labute approximate surface area is 116 Å². The molecule has 1 heterocycles. The number of aryl methyl sites for hydroxylation is 1. The monoisotopic (exact) mass is 290 g/mol. The molecular formula is C10H15ClN4S2. The highest BCUT2D eigenvalue weighted by Gasteiger charge is 2.03. The van der Waals surface area contributed by atoms with Gasteiger partial charge in [0, 0.05) is 30.7 Å². The second kappa shape index (κ2) is 7.68. The Morgan fingerprint density at radius 2 is 2.29 bits per heavy atom. The van der Waals surface area contributed by atoms with Crippen molar-refractivity contribution >= 4 is 40.7 Å². The third-order valence-corrected chi connectivity index (χ3v) is 3.63. The van der Waals surface area contributed by atoms with Crippen LogP contribution >= 0.6 is 35.6 Å². The van der Waals surface area contributed by atoms with Crippen molar-refractivity contribution in [2.45, 2.75) is 12.7 Å². The first-order valence-electron chi connectivity index (χ1n) is 5.15. The molecule has 1 rings (SSSR count). The Morgan fingerprint density at radius 3 is 3.00 bits per heavy atom. The van der Waals surface area contributed by atoms with Crippen molar-refractivity contribution in [2.75, 3.05) is 19.3 Å². The van der Waals surface area contributed by atoms with E-state index < -0.39 is 0 Å². The molecule has 17 heavy (non-hydrogen) atoms. The van der Waals surface area contributed by atoms with Crippen LogP contribution in [-0.4, -0.2) is 34.7 Å². The largest absolute Gasteiger partial charge is 0.366 e. The number of hydrogen-bond donors (Lipinski definition) is 2. The summed E-state index contributed by atoms with van der Waals surface area (Å²) in [6, 6.07) is 1.97. The summed E-state index contributed by atoms with van der Waals surface area (Å²) in [5.74, 6) is 1.79. The van der Waals surface area contributed by atoms with Crippen LogP contribution < -0.4 is 10.6 Å². The van der Waals surface area contributed by atoms with Crippen molar-refractivity contribution in [3.8, 4) is 0 Å². The molecule has 0 amide bonds. The van der Waals surface area contributed by atoms with E-state index in [1.807, 2.05) is 13.0 Å². The van der Waals surface area contributed by atoms with E-state index >= 15 is 0 Å². The zero-order valence-electron chi connectivity index (χ0n) is 9.79. The summed E-state index contributed by atoms with van der Waals surface area (Å²) in [7, 11) is 1.80. The SMILES string of the molecule is CNC(=S)NCCSCc1cc(C)nnc1Cl. The van der Waals surface area contributed by atoms with Crippen molar-refractivity contribution in [1.29, 1.82) is 0 Å². The minimum Gasteiger partial charge on any atom is -0.366 e. The Hall–Kier alpha value is -0.590. The van der Waals surface area contributed by atoms with Crippen LogP contribution in [0.2, 0.25) is 5.15 Å². The third-order valence-electron chi connectivity index (χ3n) is 1.96. The van der Waals surface area contributed by atoms with Crippen LogP contribution in [0.4, 0.5) is 0 Å². The normalized spacial score (nSPS) is 10.1. The fourth-order valence-electron chi connectivity index (χ4n) is 1.14. The second-order valence-corrected chi connectivity index (χ2v) is 5.23. The van der Waals surface area contributed by atoms with Crippen molar-refractivity contribution in [1.82, 2.24) is 20.8 Å². The number of hydrogen-bond acceptors (Lipinski definition) is 4. The van der Waals surface area contributed by atoms with E-state index in [9.17, 15) is 0 Å². The molecule has 4 nitrogen and oxygen atoms in total. The molecule has 7 heteroatoms. The molecule has 0 fully saturated rings. The van der Waals surface area contributed by atoms with Crippen molar-refractivity contribution < 1.29 is 0 Å². The van der Waals surface area contributed by atoms with Crippen molar-refractivity contribution in [2.24, 2.45) is 0 Å². The van der Waals surface area contributed by atoms with Gasteiger partial charge in [-0.05, 0) is 25.2 Å². The highest BCUT2D eigenvalue weighted by molar-refractivity contribution is 7.98. The molecular weight excluding hydrogens is 276 g/mol. The van der Waals surface area contributed by atoms with Gasteiger partial charge in [-0.15, -0.1) is 5.10 Å². The summed E-state index contributed by atoms with van der Waals surface area (Å²) < 4.78 is 0. The van der Waals surface area contributed by atoms with Gasteiger partial charge in [-0.1, -0.05) is 11.6 Å². The third kappa shape index (κ3) is 5.52. The van der Waals surface area contributed by atoms with Crippen LogP contribution in [0.5, 0.6) is 0 Å². The number of nitrogens with one attached hydrogen (secondary N) is 2. The lowest BCUT2D eigenvalue weighted by atomic mass is 10.3. The first kappa shape index (κ1) is 14.5. The Kier molecular flexibility index (Phi) is 6.54. The average molecular weight is 291 g/mol. The summed E-state index contributed by atoms with van der Waals surface area (Å²) in [6.45, 7) is 2.74. The molecule has 2 N–H and O–H groups in total. The molecule has 1 aromatic rings. The first-order valence-corrected chi connectivity index (χ1v) is 7.09. The molecule has 0 saturated carbocycles. The minimum atomic E-state index is 0.488. The molecule has 0 spiro atoms. The van der Waals surface area contributed by atoms with Crippen LogP contribution in [0.1, 0.15) is 11.3 Å². The zero-order valence-corrected chi connectivity index (χ0v) is 12.2. The predicted octanol–water partition coefficient (Wildman–Crippen LogP) is 1.77. The van der Waals surface area contributed by atoms with Gasteiger partial charge in [-0.3, -0.25) is 0 Å². The lowest BCUT2D eigenvalue weighted by Crippen LogP contribution is -2.33. The minimum absolute atomic E-state index is 0.488. The fourth-order valence-corrected chi connectivity index (χ4v) is 2.31. The van der Waals surface area contributed by atoms with E-state index in [4.69, 9.17) is 23.8 Å². The predicted molar refractivity (Wildman–Crippen MR) is 77.6 cm³/mol. The van der Waals surface area contributed by atoms with Gasteiger partial charge in [0.15, 0.2) is 10.3 Å². The van der Waals surface area contributed by atoms with Crippen LogP contribution in [0.15, 0.2) is 6.07 Å². The number of halogens is 1. The summed E-state index contributed by atoms with van der Waals surface area (Å²) in [5.41, 5.74) is 1.92. The summed E-state index contributed by atoms with van der Waals surface area (Å²) in [5, 5.41) is 14.9. The lowest BCUT2D eigenvalue weighted by molar-refractivity contribution is 0.941. The first-order chi connectivity index (χ1) is 8.13. The van der Waals surface area contributed by atoms with Gasteiger partial charge in [-0.2, -0.15) is 16.9 Å². The molecule has 0 aliphatic rings. The van der Waals surface area contributed by atoms with Gasteiger partial charge in [0.25, 0.3) is 0 Å². The molecule has 0 saturated heterocycles. The molecule has 0 aliphatic carbocycles. The number of rotatable bonds is 5. The summed E-state index contributed by atoms with van der Waals surface area (Å²) in [6.07, 6.45) is 0. The van der Waals surface area contributed by atoms with Crippen LogP contribution in [0.25, 0.3) is 0 Å². The smallest absolute Gasteiger partial charge is 0.166 e. The maximum Gasteiger partial charge on any atom is 0.166 e. The second-order valence-electron chi connectivity index (χ2n) is 3.36. The molecule has 0 aromatic carbocycles. The van der Waals surface area contributed by atoms with E-state index in [1.54, 1.807) is 18.8 Å². The van der Waals surface area contributed by atoms with E-state index in [1.165, 1.54) is 0 Å². The maximum absolute atomic E-state index is 5.95. The Morgan fingerprint density at radius 1 is 1.53 bits per heavy atom. The maximum atomic E-state index is 5.95. The van der Waals surface area contributed by atoms with E-state index in [0.29, 0.717) is 10.3 Å². The molecule has 94 valence electrons. The van der Waals surface area contributed by atoms with Crippen molar-refractivity contribution in [3.05, 3.63) is 22.5 Å². The highest BCUT2D eigenvalue weighted by atomic mass is 35.5. The summed E-state index contributed by atoms with van der Waals surface area (Å²) in [4.78, 5) is 0. The average Bonchev–Trinajstić information content (AvgIpc) is 2.32. The van der Waals surface area contributed by atoms with Gasteiger partial charge in [0.1, 0.15) is 0 Å². The molecule has 0 atom stereocenters. The molecule has 1 aromatic heterocycles. The summed E-state index contributed by atoms with van der Waals surface area (Å²) >= 11 is 12.7.